The van der Waals surface area contributed by atoms with Crippen LogP contribution in [0.15, 0.2) is 36.5 Å². The predicted octanol–water partition coefficient (Wildman–Crippen LogP) is 1.93. The van der Waals surface area contributed by atoms with Crippen molar-refractivity contribution in [2.45, 2.75) is 0 Å². The third kappa shape index (κ3) is 2.64. The van der Waals surface area contributed by atoms with E-state index in [0.717, 1.165) is 0 Å². The Kier molecular flexibility index (Phi) is 4.05. The highest BCUT2D eigenvalue weighted by Gasteiger charge is 2.17. The normalized spacial score (nSPS) is 9.90. The lowest BCUT2D eigenvalue weighted by molar-refractivity contribution is 0.102. The predicted molar refractivity (Wildman–Crippen MR) is 76.1 cm³/mol. The van der Waals surface area contributed by atoms with Gasteiger partial charge in [0.2, 0.25) is 0 Å². The smallest absolute Gasteiger partial charge is 0.260 e. The number of carbonyl (C=O) groups excluding carboxylic acids is 1. The average Bonchev–Trinajstić information content (AvgIpc) is 2.48. The number of hydrogen-bond donors (Lipinski definition) is 2. The maximum Gasteiger partial charge on any atom is 0.260 e. The number of para-hydroxylation sites is 1. The van der Waals surface area contributed by atoms with Crippen LogP contribution in [0.3, 0.4) is 0 Å². The van der Waals surface area contributed by atoms with Crippen molar-refractivity contribution in [2.75, 3.05) is 25.3 Å². The molecule has 2 aromatic rings. The number of nitrogens with one attached hydrogen (secondary N) is 1. The number of carbonyl (C=O) groups is 1. The van der Waals surface area contributed by atoms with Crippen LogP contribution in [0.5, 0.6) is 11.5 Å². The fourth-order valence-electron chi connectivity index (χ4n) is 1.76. The quantitative estimate of drug-likeness (QED) is 0.889. The molecular formula is C14H15N3O3. The number of rotatable bonds is 4. The Morgan fingerprint density at radius 1 is 1.20 bits per heavy atom. The van der Waals surface area contributed by atoms with E-state index in [9.17, 15) is 4.79 Å². The number of nitrogen functional groups attached to an aromatic ring is 1. The second kappa shape index (κ2) is 5.92. The van der Waals surface area contributed by atoms with Crippen molar-refractivity contribution in [3.05, 3.63) is 42.1 Å². The molecule has 1 aromatic heterocycles. The third-order valence-electron chi connectivity index (χ3n) is 2.72. The van der Waals surface area contributed by atoms with Gasteiger partial charge in [0.05, 0.1) is 25.5 Å². The van der Waals surface area contributed by atoms with E-state index in [1.807, 2.05) is 0 Å². The summed E-state index contributed by atoms with van der Waals surface area (Å²) < 4.78 is 10.4. The van der Waals surface area contributed by atoms with E-state index >= 15 is 0 Å². The van der Waals surface area contributed by atoms with E-state index in [-0.39, 0.29) is 5.91 Å². The summed E-state index contributed by atoms with van der Waals surface area (Å²) in [5.41, 5.74) is 6.48. The summed E-state index contributed by atoms with van der Waals surface area (Å²) in [6, 6.07) is 8.40. The standard InChI is InChI=1S/C14H15N3O3/c1-19-11-7-3-5-9(12(11)20-2)14(18)17-13-10(15)6-4-8-16-13/h3-8H,15H2,1-2H3,(H,16,17,18). The number of anilines is 2. The van der Waals surface area contributed by atoms with Crippen LogP contribution in [0.25, 0.3) is 0 Å². The molecule has 0 fully saturated rings. The fraction of sp³-hybridized carbons (Fsp3) is 0.143. The molecule has 0 saturated carbocycles. The molecule has 1 amide bonds. The highest BCUT2D eigenvalue weighted by atomic mass is 16.5. The lowest BCUT2D eigenvalue weighted by Gasteiger charge is -2.12. The molecule has 6 heteroatoms. The molecule has 0 aliphatic carbocycles. The van der Waals surface area contributed by atoms with Crippen LogP contribution in [-0.2, 0) is 0 Å². The topological polar surface area (TPSA) is 86.5 Å². The number of amides is 1. The molecule has 0 saturated heterocycles. The molecule has 20 heavy (non-hydrogen) atoms. The molecule has 104 valence electrons. The second-order valence-corrected chi connectivity index (χ2v) is 3.94. The van der Waals surface area contributed by atoms with E-state index in [1.165, 1.54) is 14.2 Å². The highest BCUT2D eigenvalue weighted by Crippen LogP contribution is 2.31. The summed E-state index contributed by atoms with van der Waals surface area (Å²) in [5, 5.41) is 2.64. The highest BCUT2D eigenvalue weighted by molar-refractivity contribution is 6.07. The maximum atomic E-state index is 12.3. The zero-order valence-electron chi connectivity index (χ0n) is 11.2. The molecule has 2 rings (SSSR count). The number of pyridine rings is 1. The van der Waals surface area contributed by atoms with Crippen LogP contribution in [-0.4, -0.2) is 25.1 Å². The lowest BCUT2D eigenvalue weighted by Crippen LogP contribution is -2.15. The van der Waals surface area contributed by atoms with Crippen molar-refractivity contribution < 1.29 is 14.3 Å². The van der Waals surface area contributed by atoms with Gasteiger partial charge in [0.1, 0.15) is 0 Å². The molecule has 0 unspecified atom stereocenters. The Bertz CT molecular complexity index is 629. The van der Waals surface area contributed by atoms with Gasteiger partial charge in [0.15, 0.2) is 17.3 Å². The van der Waals surface area contributed by atoms with Gasteiger partial charge in [-0.2, -0.15) is 0 Å². The van der Waals surface area contributed by atoms with Crippen molar-refractivity contribution >= 4 is 17.4 Å². The second-order valence-electron chi connectivity index (χ2n) is 3.94. The summed E-state index contributed by atoms with van der Waals surface area (Å²) >= 11 is 0. The zero-order chi connectivity index (χ0) is 14.5. The first-order valence-corrected chi connectivity index (χ1v) is 5.90. The van der Waals surface area contributed by atoms with Crippen LogP contribution in [0.4, 0.5) is 11.5 Å². The van der Waals surface area contributed by atoms with Gasteiger partial charge in [0, 0.05) is 6.20 Å². The zero-order valence-corrected chi connectivity index (χ0v) is 11.2. The summed E-state index contributed by atoms with van der Waals surface area (Å²) in [4.78, 5) is 16.3. The Morgan fingerprint density at radius 3 is 2.65 bits per heavy atom. The number of hydrogen-bond acceptors (Lipinski definition) is 5. The molecule has 0 bridgehead atoms. The first-order chi connectivity index (χ1) is 9.67. The number of methoxy groups -OCH3 is 2. The third-order valence-corrected chi connectivity index (χ3v) is 2.72. The Morgan fingerprint density at radius 2 is 2.00 bits per heavy atom. The first kappa shape index (κ1) is 13.7. The monoisotopic (exact) mass is 273 g/mol. The molecule has 0 aliphatic heterocycles. The molecule has 0 aliphatic rings. The Hall–Kier alpha value is -2.76. The van der Waals surface area contributed by atoms with E-state index in [2.05, 4.69) is 10.3 Å². The number of aromatic nitrogens is 1. The van der Waals surface area contributed by atoms with Crippen molar-refractivity contribution in [3.63, 3.8) is 0 Å². The number of benzene rings is 1. The largest absolute Gasteiger partial charge is 0.493 e. The van der Waals surface area contributed by atoms with Crippen LogP contribution >= 0.6 is 0 Å². The van der Waals surface area contributed by atoms with Gasteiger partial charge in [-0.15, -0.1) is 0 Å². The maximum absolute atomic E-state index is 12.3. The summed E-state index contributed by atoms with van der Waals surface area (Å²) in [6.07, 6.45) is 1.55. The van der Waals surface area contributed by atoms with Gasteiger partial charge in [-0.1, -0.05) is 6.07 Å². The van der Waals surface area contributed by atoms with E-state index in [0.29, 0.717) is 28.6 Å². The average molecular weight is 273 g/mol. The van der Waals surface area contributed by atoms with Crippen LogP contribution in [0, 0.1) is 0 Å². The van der Waals surface area contributed by atoms with E-state index < -0.39 is 0 Å². The minimum absolute atomic E-state index is 0.308. The van der Waals surface area contributed by atoms with E-state index in [1.54, 1.807) is 36.5 Å². The first-order valence-electron chi connectivity index (χ1n) is 5.90. The van der Waals surface area contributed by atoms with Crippen molar-refractivity contribution in [1.82, 2.24) is 4.98 Å². The van der Waals surface area contributed by atoms with Crippen LogP contribution in [0.1, 0.15) is 10.4 Å². The summed E-state index contributed by atoms with van der Waals surface area (Å²) in [7, 11) is 2.99. The summed E-state index contributed by atoms with van der Waals surface area (Å²) in [6.45, 7) is 0. The minimum Gasteiger partial charge on any atom is -0.493 e. The molecule has 1 aromatic carbocycles. The molecule has 0 atom stereocenters. The SMILES string of the molecule is COc1cccc(C(=O)Nc2ncccc2N)c1OC. The minimum atomic E-state index is -0.369. The van der Waals surface area contributed by atoms with Crippen molar-refractivity contribution in [1.29, 1.82) is 0 Å². The van der Waals surface area contributed by atoms with Gasteiger partial charge in [-0.05, 0) is 24.3 Å². The molecule has 1 heterocycles. The molecule has 0 radical (unpaired) electrons. The fourth-order valence-corrected chi connectivity index (χ4v) is 1.76. The van der Waals surface area contributed by atoms with Crippen molar-refractivity contribution in [3.8, 4) is 11.5 Å². The van der Waals surface area contributed by atoms with Gasteiger partial charge >= 0.3 is 0 Å². The van der Waals surface area contributed by atoms with Gasteiger partial charge in [-0.3, -0.25) is 4.79 Å². The van der Waals surface area contributed by atoms with Gasteiger partial charge < -0.3 is 20.5 Å². The lowest BCUT2D eigenvalue weighted by atomic mass is 10.1. The van der Waals surface area contributed by atoms with Crippen LogP contribution < -0.4 is 20.5 Å². The number of ether oxygens (including phenoxy) is 2. The Labute approximate surface area is 116 Å². The molecule has 3 N–H and O–H groups in total. The number of nitrogens with two attached hydrogens (primary N) is 1. The molecule has 0 spiro atoms. The molecule has 6 nitrogen and oxygen atoms in total. The van der Waals surface area contributed by atoms with Crippen LogP contribution in [0.2, 0.25) is 0 Å². The van der Waals surface area contributed by atoms with Crippen molar-refractivity contribution in [2.24, 2.45) is 0 Å². The molecular weight excluding hydrogens is 258 g/mol. The number of nitrogens with zero attached hydrogens (tertiary/aromatic N) is 1. The van der Waals surface area contributed by atoms with E-state index in [4.69, 9.17) is 15.2 Å². The van der Waals surface area contributed by atoms with Gasteiger partial charge in [0.25, 0.3) is 5.91 Å². The summed E-state index contributed by atoms with van der Waals surface area (Å²) in [5.74, 6) is 0.782. The van der Waals surface area contributed by atoms with Gasteiger partial charge in [-0.25, -0.2) is 4.98 Å². The Balaban J connectivity index is 2.32.